The highest BCUT2D eigenvalue weighted by atomic mass is 16.4. The van der Waals surface area contributed by atoms with Crippen molar-refractivity contribution in [2.45, 2.75) is 38.2 Å². The number of carboxylic acids is 1. The summed E-state index contributed by atoms with van der Waals surface area (Å²) in [7, 11) is 0. The van der Waals surface area contributed by atoms with Gasteiger partial charge in [-0.1, -0.05) is 19.8 Å². The Morgan fingerprint density at radius 3 is 2.50 bits per heavy atom. The SMILES string of the molecule is CCCCC(O)(CC=O)C(=O)O. The van der Waals surface area contributed by atoms with Gasteiger partial charge >= 0.3 is 5.97 Å². The minimum atomic E-state index is -1.85. The number of carbonyl (C=O) groups is 2. The summed E-state index contributed by atoms with van der Waals surface area (Å²) in [5, 5.41) is 18.0. The molecule has 0 radical (unpaired) electrons. The van der Waals surface area contributed by atoms with Crippen LogP contribution in [0.2, 0.25) is 0 Å². The van der Waals surface area contributed by atoms with Crippen LogP contribution in [0.25, 0.3) is 0 Å². The van der Waals surface area contributed by atoms with Crippen LogP contribution in [-0.4, -0.2) is 28.1 Å². The van der Waals surface area contributed by atoms with E-state index in [9.17, 15) is 14.7 Å². The Hall–Kier alpha value is -0.900. The molecule has 4 nitrogen and oxygen atoms in total. The zero-order valence-corrected chi connectivity index (χ0v) is 7.12. The first-order chi connectivity index (χ1) is 5.56. The smallest absolute Gasteiger partial charge is 0.336 e. The molecule has 0 heterocycles. The number of carboxylic acid groups (broad SMARTS) is 1. The molecular weight excluding hydrogens is 160 g/mol. The van der Waals surface area contributed by atoms with Gasteiger partial charge in [0.25, 0.3) is 0 Å². The Morgan fingerprint density at radius 2 is 2.17 bits per heavy atom. The van der Waals surface area contributed by atoms with E-state index >= 15 is 0 Å². The summed E-state index contributed by atoms with van der Waals surface area (Å²) < 4.78 is 0. The summed E-state index contributed by atoms with van der Waals surface area (Å²) >= 11 is 0. The highest BCUT2D eigenvalue weighted by Gasteiger charge is 2.34. The zero-order valence-electron chi connectivity index (χ0n) is 7.12. The number of unbranched alkanes of at least 4 members (excludes halogenated alkanes) is 1. The van der Waals surface area contributed by atoms with E-state index in [0.717, 1.165) is 6.42 Å². The van der Waals surface area contributed by atoms with Crippen molar-refractivity contribution >= 4 is 12.3 Å². The van der Waals surface area contributed by atoms with E-state index in [1.54, 1.807) is 0 Å². The van der Waals surface area contributed by atoms with Gasteiger partial charge < -0.3 is 15.0 Å². The van der Waals surface area contributed by atoms with Gasteiger partial charge in [-0.15, -0.1) is 0 Å². The molecule has 1 unspecified atom stereocenters. The van der Waals surface area contributed by atoms with E-state index < -0.39 is 11.6 Å². The van der Waals surface area contributed by atoms with Crippen LogP contribution in [-0.2, 0) is 9.59 Å². The van der Waals surface area contributed by atoms with Gasteiger partial charge in [-0.05, 0) is 6.42 Å². The number of carbonyl (C=O) groups excluding carboxylic acids is 1. The molecule has 0 bridgehead atoms. The number of aldehydes is 1. The molecule has 1 atom stereocenters. The summed E-state index contributed by atoms with van der Waals surface area (Å²) in [4.78, 5) is 20.6. The van der Waals surface area contributed by atoms with Gasteiger partial charge in [0.15, 0.2) is 5.60 Å². The Bertz CT molecular complexity index is 166. The predicted molar refractivity (Wildman–Crippen MR) is 42.8 cm³/mol. The lowest BCUT2D eigenvalue weighted by molar-refractivity contribution is -0.161. The van der Waals surface area contributed by atoms with Crippen molar-refractivity contribution in [3.8, 4) is 0 Å². The van der Waals surface area contributed by atoms with Crippen molar-refractivity contribution in [1.29, 1.82) is 0 Å². The molecule has 0 aliphatic carbocycles. The molecule has 0 rings (SSSR count). The standard InChI is InChI=1S/C8H14O4/c1-2-3-4-8(12,5-6-9)7(10)11/h6,12H,2-5H2,1H3,(H,10,11). The van der Waals surface area contributed by atoms with Gasteiger partial charge in [-0.2, -0.15) is 0 Å². The Balaban J connectivity index is 4.17. The Kier molecular flexibility index (Phi) is 4.51. The highest BCUT2D eigenvalue weighted by Crippen LogP contribution is 2.17. The van der Waals surface area contributed by atoms with Gasteiger partial charge in [0, 0.05) is 6.42 Å². The van der Waals surface area contributed by atoms with Crippen molar-refractivity contribution in [1.82, 2.24) is 0 Å². The zero-order chi connectivity index (χ0) is 9.61. The number of rotatable bonds is 6. The van der Waals surface area contributed by atoms with Crippen LogP contribution in [0.5, 0.6) is 0 Å². The molecule has 2 N–H and O–H groups in total. The van der Waals surface area contributed by atoms with Crippen molar-refractivity contribution < 1.29 is 19.8 Å². The lowest BCUT2D eigenvalue weighted by Crippen LogP contribution is -2.38. The second kappa shape index (κ2) is 4.87. The summed E-state index contributed by atoms with van der Waals surface area (Å²) in [6.07, 6.45) is 1.65. The lowest BCUT2D eigenvalue weighted by atomic mass is 9.94. The van der Waals surface area contributed by atoms with Crippen LogP contribution in [0.1, 0.15) is 32.6 Å². The van der Waals surface area contributed by atoms with Gasteiger partial charge in [-0.3, -0.25) is 0 Å². The summed E-state index contributed by atoms with van der Waals surface area (Å²) in [6.45, 7) is 1.89. The van der Waals surface area contributed by atoms with Gasteiger partial charge in [0.1, 0.15) is 6.29 Å². The largest absolute Gasteiger partial charge is 0.479 e. The highest BCUT2D eigenvalue weighted by molar-refractivity contribution is 5.80. The normalized spacial score (nSPS) is 15.2. The fourth-order valence-electron chi connectivity index (χ4n) is 0.903. The van der Waals surface area contributed by atoms with Gasteiger partial charge in [0.2, 0.25) is 0 Å². The second-order valence-electron chi connectivity index (χ2n) is 2.81. The molecule has 0 amide bonds. The number of aliphatic hydroxyl groups is 1. The topological polar surface area (TPSA) is 74.6 Å². The van der Waals surface area contributed by atoms with Crippen LogP contribution in [0.4, 0.5) is 0 Å². The van der Waals surface area contributed by atoms with Crippen molar-refractivity contribution in [3.05, 3.63) is 0 Å². The maximum absolute atomic E-state index is 10.5. The van der Waals surface area contributed by atoms with Crippen LogP contribution >= 0.6 is 0 Å². The van der Waals surface area contributed by atoms with E-state index in [0.29, 0.717) is 12.7 Å². The Morgan fingerprint density at radius 1 is 1.58 bits per heavy atom. The maximum Gasteiger partial charge on any atom is 0.336 e. The minimum absolute atomic E-state index is 0.136. The third kappa shape index (κ3) is 3.00. The van der Waals surface area contributed by atoms with Crippen molar-refractivity contribution in [3.63, 3.8) is 0 Å². The van der Waals surface area contributed by atoms with E-state index in [4.69, 9.17) is 5.11 Å². The second-order valence-corrected chi connectivity index (χ2v) is 2.81. The van der Waals surface area contributed by atoms with Crippen LogP contribution < -0.4 is 0 Å². The fourth-order valence-corrected chi connectivity index (χ4v) is 0.903. The molecule has 0 saturated heterocycles. The van der Waals surface area contributed by atoms with Gasteiger partial charge in [-0.25, -0.2) is 4.79 Å². The maximum atomic E-state index is 10.5. The number of hydrogen-bond donors (Lipinski definition) is 2. The van der Waals surface area contributed by atoms with E-state index in [1.807, 2.05) is 6.92 Å². The first kappa shape index (κ1) is 11.1. The van der Waals surface area contributed by atoms with E-state index in [1.165, 1.54) is 0 Å². The summed E-state index contributed by atoms with van der Waals surface area (Å²) in [6, 6.07) is 0. The molecule has 70 valence electrons. The number of hydrogen-bond acceptors (Lipinski definition) is 3. The van der Waals surface area contributed by atoms with Crippen LogP contribution in [0, 0.1) is 0 Å². The first-order valence-corrected chi connectivity index (χ1v) is 3.96. The predicted octanol–water partition coefficient (Wildman–Crippen LogP) is 0.581. The van der Waals surface area contributed by atoms with Gasteiger partial charge in [0.05, 0.1) is 0 Å². The molecule has 12 heavy (non-hydrogen) atoms. The molecule has 0 spiro atoms. The molecule has 0 saturated carbocycles. The van der Waals surface area contributed by atoms with Crippen molar-refractivity contribution in [2.24, 2.45) is 0 Å². The molecular formula is C8H14O4. The average molecular weight is 174 g/mol. The fraction of sp³-hybridized carbons (Fsp3) is 0.750. The van der Waals surface area contributed by atoms with Crippen LogP contribution in [0.15, 0.2) is 0 Å². The van der Waals surface area contributed by atoms with Crippen molar-refractivity contribution in [2.75, 3.05) is 0 Å². The molecule has 0 aliphatic rings. The molecule has 0 fully saturated rings. The van der Waals surface area contributed by atoms with E-state index in [2.05, 4.69) is 0 Å². The average Bonchev–Trinajstić information content (AvgIpc) is 2.01. The third-order valence-corrected chi connectivity index (χ3v) is 1.76. The third-order valence-electron chi connectivity index (χ3n) is 1.76. The number of aliphatic carboxylic acids is 1. The summed E-state index contributed by atoms with van der Waals surface area (Å²) in [5.74, 6) is -1.32. The first-order valence-electron chi connectivity index (χ1n) is 3.96. The Labute approximate surface area is 71.2 Å². The summed E-state index contributed by atoms with van der Waals surface area (Å²) in [5.41, 5.74) is -1.85. The lowest BCUT2D eigenvalue weighted by Gasteiger charge is -2.19. The van der Waals surface area contributed by atoms with Crippen LogP contribution in [0.3, 0.4) is 0 Å². The monoisotopic (exact) mass is 174 g/mol. The molecule has 0 aromatic rings. The quantitative estimate of drug-likeness (QED) is 0.577. The molecule has 4 heteroatoms. The minimum Gasteiger partial charge on any atom is -0.479 e. The molecule has 0 aliphatic heterocycles. The van der Waals surface area contributed by atoms with E-state index in [-0.39, 0.29) is 12.8 Å². The molecule has 0 aromatic heterocycles. The molecule has 0 aromatic carbocycles.